The monoisotopic (exact) mass is 228 g/mol. The summed E-state index contributed by atoms with van der Waals surface area (Å²) >= 11 is 0. The second-order valence-corrected chi connectivity index (χ2v) is 3.77. The van der Waals surface area contributed by atoms with Crippen molar-refractivity contribution in [3.63, 3.8) is 0 Å². The standard InChI is InChI=1S/C14H12O3/c1-10-2-4-12(15)6-7-17-14-9-13(16)5-3-11(14)8-10/h2-9,16H,1H3. The van der Waals surface area contributed by atoms with Crippen molar-refractivity contribution >= 4 is 11.0 Å². The SMILES string of the molecule is Cc1ccc(=O)ccoc2cc(O)ccc2c1. The Morgan fingerprint density at radius 3 is 2.71 bits per heavy atom. The molecule has 0 radical (unpaired) electrons. The molecule has 0 fully saturated rings. The van der Waals surface area contributed by atoms with E-state index in [1.54, 1.807) is 18.2 Å². The first-order chi connectivity index (χ1) is 8.15. The lowest BCUT2D eigenvalue weighted by Crippen LogP contribution is -1.89. The van der Waals surface area contributed by atoms with E-state index in [1.807, 2.05) is 13.0 Å². The van der Waals surface area contributed by atoms with Gasteiger partial charge in [0.2, 0.25) is 0 Å². The fourth-order valence-corrected chi connectivity index (χ4v) is 1.48. The zero-order valence-electron chi connectivity index (χ0n) is 9.38. The van der Waals surface area contributed by atoms with Crippen molar-refractivity contribution in [2.24, 2.45) is 0 Å². The van der Waals surface area contributed by atoms with Gasteiger partial charge >= 0.3 is 0 Å². The Kier molecular flexibility index (Phi) is 3.10. The molecule has 17 heavy (non-hydrogen) atoms. The smallest absolute Gasteiger partial charge is 0.181 e. The highest BCUT2D eigenvalue weighted by Gasteiger charge is 1.94. The molecule has 86 valence electrons. The molecule has 3 heteroatoms. The zero-order valence-corrected chi connectivity index (χ0v) is 9.38. The normalized spacial score (nSPS) is 9.94. The second-order valence-electron chi connectivity index (χ2n) is 3.77. The summed E-state index contributed by atoms with van der Waals surface area (Å²) in [5.41, 5.74) is 1.31. The van der Waals surface area contributed by atoms with Crippen molar-refractivity contribution in [3.05, 3.63) is 64.5 Å². The maximum atomic E-state index is 11.3. The predicted molar refractivity (Wildman–Crippen MR) is 66.5 cm³/mol. The van der Waals surface area contributed by atoms with Crippen LogP contribution < -0.4 is 5.43 Å². The van der Waals surface area contributed by atoms with Gasteiger partial charge in [0, 0.05) is 17.5 Å². The van der Waals surface area contributed by atoms with Crippen LogP contribution in [-0.4, -0.2) is 5.11 Å². The highest BCUT2D eigenvalue weighted by atomic mass is 16.3. The van der Waals surface area contributed by atoms with E-state index in [2.05, 4.69) is 0 Å². The molecule has 0 aliphatic rings. The molecular weight excluding hydrogens is 216 g/mol. The average Bonchev–Trinajstić information content (AvgIpc) is 2.29. The molecule has 1 aromatic carbocycles. The lowest BCUT2D eigenvalue weighted by molar-refractivity contribution is 0.474. The minimum absolute atomic E-state index is 0.127. The van der Waals surface area contributed by atoms with E-state index in [-0.39, 0.29) is 11.2 Å². The summed E-state index contributed by atoms with van der Waals surface area (Å²) in [4.78, 5) is 11.3. The Labute approximate surface area is 98.3 Å². The number of hydrogen-bond acceptors (Lipinski definition) is 3. The van der Waals surface area contributed by atoms with E-state index in [0.29, 0.717) is 5.58 Å². The van der Waals surface area contributed by atoms with E-state index in [1.165, 1.54) is 24.5 Å². The second kappa shape index (κ2) is 4.70. The number of hydrogen-bond donors (Lipinski definition) is 1. The maximum absolute atomic E-state index is 11.3. The third kappa shape index (κ3) is 2.84. The van der Waals surface area contributed by atoms with Crippen LogP contribution in [0.2, 0.25) is 0 Å². The van der Waals surface area contributed by atoms with Crippen molar-refractivity contribution in [3.8, 4) is 5.75 Å². The van der Waals surface area contributed by atoms with E-state index < -0.39 is 0 Å². The van der Waals surface area contributed by atoms with Gasteiger partial charge in [-0.15, -0.1) is 0 Å². The third-order valence-corrected chi connectivity index (χ3v) is 2.32. The van der Waals surface area contributed by atoms with Crippen LogP contribution in [0.3, 0.4) is 0 Å². The quantitative estimate of drug-likeness (QED) is 0.754. The predicted octanol–water partition coefficient (Wildman–Crippen LogP) is 2.93. The molecule has 0 amide bonds. The van der Waals surface area contributed by atoms with Crippen molar-refractivity contribution in [1.29, 1.82) is 0 Å². The van der Waals surface area contributed by atoms with E-state index in [4.69, 9.17) is 4.42 Å². The van der Waals surface area contributed by atoms with Crippen molar-refractivity contribution in [1.82, 2.24) is 0 Å². The molecule has 1 N–H and O–H groups in total. The zero-order chi connectivity index (χ0) is 12.3. The molecule has 0 saturated heterocycles. The first-order valence-corrected chi connectivity index (χ1v) is 5.22. The van der Waals surface area contributed by atoms with Gasteiger partial charge in [-0.3, -0.25) is 4.79 Å². The van der Waals surface area contributed by atoms with Gasteiger partial charge in [-0.25, -0.2) is 0 Å². The van der Waals surface area contributed by atoms with Crippen LogP contribution in [0.25, 0.3) is 11.0 Å². The van der Waals surface area contributed by atoms with Gasteiger partial charge in [-0.05, 0) is 31.2 Å². The van der Waals surface area contributed by atoms with Gasteiger partial charge in [0.05, 0.1) is 6.26 Å². The van der Waals surface area contributed by atoms with Crippen LogP contribution in [-0.2, 0) is 0 Å². The van der Waals surface area contributed by atoms with Crippen molar-refractivity contribution in [2.45, 2.75) is 6.92 Å². The molecule has 0 aliphatic carbocycles. The minimum Gasteiger partial charge on any atom is -0.508 e. The number of benzene rings is 1. The third-order valence-electron chi connectivity index (χ3n) is 2.32. The van der Waals surface area contributed by atoms with Gasteiger partial charge in [0.1, 0.15) is 11.3 Å². The Balaban J connectivity index is 2.87. The molecule has 2 rings (SSSR count). The Morgan fingerprint density at radius 1 is 1.06 bits per heavy atom. The summed E-state index contributed by atoms with van der Waals surface area (Å²) in [5, 5.41) is 10.2. The number of phenols is 1. The molecule has 3 nitrogen and oxygen atoms in total. The average molecular weight is 228 g/mol. The van der Waals surface area contributed by atoms with Gasteiger partial charge in [-0.1, -0.05) is 11.6 Å². The lowest BCUT2D eigenvalue weighted by atomic mass is 10.2. The molecule has 0 saturated carbocycles. The van der Waals surface area contributed by atoms with Crippen molar-refractivity contribution < 1.29 is 9.52 Å². The number of aromatic hydroxyl groups is 1. The van der Waals surface area contributed by atoms with Gasteiger partial charge in [0.15, 0.2) is 5.43 Å². The molecule has 0 atom stereocenters. The lowest BCUT2D eigenvalue weighted by Gasteiger charge is -1.95. The van der Waals surface area contributed by atoms with E-state index >= 15 is 0 Å². The molecule has 1 heterocycles. The largest absolute Gasteiger partial charge is 0.508 e. The highest BCUT2D eigenvalue weighted by molar-refractivity contribution is 5.77. The summed E-state index contributed by atoms with van der Waals surface area (Å²) in [6, 6.07) is 11.3. The topological polar surface area (TPSA) is 50.4 Å². The van der Waals surface area contributed by atoms with Crippen LogP contribution in [0.5, 0.6) is 5.75 Å². The fourth-order valence-electron chi connectivity index (χ4n) is 1.48. The summed E-state index contributed by atoms with van der Waals surface area (Å²) in [6.45, 7) is 1.89. The van der Waals surface area contributed by atoms with Crippen LogP contribution in [0, 0.1) is 6.92 Å². The number of aryl methyl sites for hydroxylation is 1. The molecule has 2 aromatic rings. The minimum atomic E-state index is -0.138. The first kappa shape index (κ1) is 11.2. The fraction of sp³-hybridized carbons (Fsp3) is 0.0714. The molecule has 0 aliphatic heterocycles. The van der Waals surface area contributed by atoms with E-state index in [9.17, 15) is 9.90 Å². The van der Waals surface area contributed by atoms with E-state index in [0.717, 1.165) is 10.9 Å². The first-order valence-electron chi connectivity index (χ1n) is 5.22. The Bertz CT molecular complexity index is 655. The number of fused-ring (bicyclic) bond motifs is 1. The van der Waals surface area contributed by atoms with Gasteiger partial charge in [-0.2, -0.15) is 0 Å². The summed E-state index contributed by atoms with van der Waals surface area (Å²) in [7, 11) is 0. The maximum Gasteiger partial charge on any atom is 0.181 e. The van der Waals surface area contributed by atoms with Crippen LogP contribution >= 0.6 is 0 Å². The molecule has 0 bridgehead atoms. The van der Waals surface area contributed by atoms with Crippen LogP contribution in [0.15, 0.2) is 57.9 Å². The Morgan fingerprint density at radius 2 is 1.88 bits per heavy atom. The molecule has 0 spiro atoms. The van der Waals surface area contributed by atoms with Gasteiger partial charge < -0.3 is 9.52 Å². The Hall–Kier alpha value is -2.29. The van der Waals surface area contributed by atoms with Crippen LogP contribution in [0.4, 0.5) is 0 Å². The molecular formula is C14H12O3. The molecule has 1 aromatic heterocycles. The number of rotatable bonds is 0. The summed E-state index contributed by atoms with van der Waals surface area (Å²) < 4.78 is 5.32. The summed E-state index contributed by atoms with van der Waals surface area (Å²) in [6.07, 6.45) is 1.32. The molecule has 0 unspecified atom stereocenters. The number of phenolic OH excluding ortho intramolecular Hbond substituents is 1. The van der Waals surface area contributed by atoms with Crippen molar-refractivity contribution in [2.75, 3.05) is 0 Å². The van der Waals surface area contributed by atoms with Crippen LogP contribution in [0.1, 0.15) is 5.56 Å². The summed E-state index contributed by atoms with van der Waals surface area (Å²) in [5.74, 6) is 0.127. The van der Waals surface area contributed by atoms with Gasteiger partial charge in [0.25, 0.3) is 0 Å². The highest BCUT2D eigenvalue weighted by Crippen LogP contribution is 2.18.